The summed E-state index contributed by atoms with van der Waals surface area (Å²) >= 11 is 0. The molecule has 3 N–H and O–H groups in total. The Kier molecular flexibility index (Phi) is 5.84. The van der Waals surface area contributed by atoms with Crippen molar-refractivity contribution in [1.82, 2.24) is 16.0 Å². The van der Waals surface area contributed by atoms with Gasteiger partial charge in [-0.25, -0.2) is 4.79 Å². The van der Waals surface area contributed by atoms with Crippen LogP contribution < -0.4 is 16.0 Å². The minimum absolute atomic E-state index is 0.197. The van der Waals surface area contributed by atoms with Crippen molar-refractivity contribution in [2.24, 2.45) is 4.99 Å². The highest BCUT2D eigenvalue weighted by Crippen LogP contribution is 2.14. The van der Waals surface area contributed by atoms with Crippen LogP contribution in [0.15, 0.2) is 35.3 Å². The smallest absolute Gasteiger partial charge is 0.408 e. The third kappa shape index (κ3) is 6.18. The molecule has 126 valence electrons. The average Bonchev–Trinajstić information content (AvgIpc) is 2.51. The summed E-state index contributed by atoms with van der Waals surface area (Å²) in [6, 6.07) is 9.64. The second-order valence-corrected chi connectivity index (χ2v) is 6.50. The Morgan fingerprint density at radius 2 is 2.09 bits per heavy atom. The van der Waals surface area contributed by atoms with Crippen LogP contribution in [0.25, 0.3) is 0 Å². The number of carbonyl (C=O) groups excluding carboxylic acids is 1. The molecule has 0 radical (unpaired) electrons. The number of aliphatic imine (C=N–C) groups is 1. The summed E-state index contributed by atoms with van der Waals surface area (Å²) in [7, 11) is 0. The van der Waals surface area contributed by atoms with Crippen LogP contribution >= 0.6 is 0 Å². The molecule has 1 amide bonds. The molecule has 0 spiro atoms. The molecule has 1 aromatic carbocycles. The van der Waals surface area contributed by atoms with Crippen LogP contribution in [0.1, 0.15) is 38.8 Å². The number of ether oxygens (including phenoxy) is 1. The van der Waals surface area contributed by atoms with Crippen molar-refractivity contribution in [3.8, 4) is 0 Å². The molecule has 0 aromatic heterocycles. The van der Waals surface area contributed by atoms with E-state index in [9.17, 15) is 4.79 Å². The zero-order chi connectivity index (χ0) is 16.7. The number of rotatable bonds is 4. The van der Waals surface area contributed by atoms with Gasteiger partial charge in [-0.3, -0.25) is 4.99 Å². The van der Waals surface area contributed by atoms with E-state index in [1.54, 1.807) is 0 Å². The Bertz CT molecular complexity index is 537. The third-order valence-electron chi connectivity index (χ3n) is 3.26. The molecule has 6 heteroatoms. The van der Waals surface area contributed by atoms with Gasteiger partial charge in [0, 0.05) is 19.6 Å². The largest absolute Gasteiger partial charge is 0.444 e. The maximum absolute atomic E-state index is 12.1. The Hall–Kier alpha value is -2.24. The van der Waals surface area contributed by atoms with Gasteiger partial charge in [0.1, 0.15) is 5.60 Å². The summed E-state index contributed by atoms with van der Waals surface area (Å²) < 4.78 is 5.36. The van der Waals surface area contributed by atoms with Gasteiger partial charge in [-0.05, 0) is 32.8 Å². The summed E-state index contributed by atoms with van der Waals surface area (Å²) in [6.07, 6.45) is 0.621. The number of nitrogens with one attached hydrogen (secondary N) is 3. The molecule has 0 saturated heterocycles. The van der Waals surface area contributed by atoms with Crippen molar-refractivity contribution in [3.05, 3.63) is 35.9 Å². The molecule has 1 aliphatic heterocycles. The van der Waals surface area contributed by atoms with Gasteiger partial charge >= 0.3 is 6.09 Å². The van der Waals surface area contributed by atoms with Crippen LogP contribution in [0, 0.1) is 0 Å². The highest BCUT2D eigenvalue weighted by atomic mass is 16.6. The van der Waals surface area contributed by atoms with E-state index in [0.717, 1.165) is 31.0 Å². The second-order valence-electron chi connectivity index (χ2n) is 6.50. The lowest BCUT2D eigenvalue weighted by atomic mass is 10.1. The SMILES string of the molecule is CC(C)(C)OC(=O)NC(CNC1=NCCCN1)c1ccccc1. The normalized spacial score (nSPS) is 15.9. The van der Waals surface area contributed by atoms with Crippen LogP contribution in [0.4, 0.5) is 4.79 Å². The monoisotopic (exact) mass is 318 g/mol. The zero-order valence-corrected chi connectivity index (χ0v) is 14.1. The number of nitrogens with zero attached hydrogens (tertiary/aromatic N) is 1. The standard InChI is InChI=1S/C17H26N4O2/c1-17(2,3)23-16(22)21-14(13-8-5-4-6-9-13)12-20-15-18-10-7-11-19-15/h4-6,8-9,14H,7,10-12H2,1-3H3,(H,21,22)(H2,18,19,20). The highest BCUT2D eigenvalue weighted by molar-refractivity contribution is 5.80. The molecule has 1 heterocycles. The number of alkyl carbamates (subject to hydrolysis) is 1. The fourth-order valence-corrected chi connectivity index (χ4v) is 2.24. The molecule has 0 fully saturated rings. The quantitative estimate of drug-likeness (QED) is 0.795. The maximum atomic E-state index is 12.1. The highest BCUT2D eigenvalue weighted by Gasteiger charge is 2.21. The molecule has 0 aliphatic carbocycles. The fraction of sp³-hybridized carbons (Fsp3) is 0.529. The van der Waals surface area contributed by atoms with E-state index in [0.29, 0.717) is 6.54 Å². The Balaban J connectivity index is 2.00. The summed E-state index contributed by atoms with van der Waals surface area (Å²) in [5.41, 5.74) is 0.496. The molecule has 23 heavy (non-hydrogen) atoms. The van der Waals surface area contributed by atoms with Crippen molar-refractivity contribution in [1.29, 1.82) is 0 Å². The number of hydrogen-bond acceptors (Lipinski definition) is 5. The number of guanidine groups is 1. The lowest BCUT2D eigenvalue weighted by Crippen LogP contribution is -2.45. The van der Waals surface area contributed by atoms with Gasteiger partial charge in [-0.1, -0.05) is 30.3 Å². The van der Waals surface area contributed by atoms with Gasteiger partial charge in [-0.2, -0.15) is 0 Å². The topological polar surface area (TPSA) is 74.8 Å². The average molecular weight is 318 g/mol. The fourth-order valence-electron chi connectivity index (χ4n) is 2.24. The van der Waals surface area contributed by atoms with E-state index < -0.39 is 11.7 Å². The van der Waals surface area contributed by atoms with Crippen LogP contribution in [0.3, 0.4) is 0 Å². The van der Waals surface area contributed by atoms with Gasteiger partial charge in [0.25, 0.3) is 0 Å². The first kappa shape index (κ1) is 17.1. The van der Waals surface area contributed by atoms with Crippen molar-refractivity contribution < 1.29 is 9.53 Å². The third-order valence-corrected chi connectivity index (χ3v) is 3.26. The second kappa shape index (κ2) is 7.85. The Morgan fingerprint density at radius 1 is 1.35 bits per heavy atom. The summed E-state index contributed by atoms with van der Waals surface area (Å²) in [5.74, 6) is 0.781. The van der Waals surface area contributed by atoms with Gasteiger partial charge in [0.05, 0.1) is 6.04 Å². The molecule has 1 atom stereocenters. The van der Waals surface area contributed by atoms with E-state index >= 15 is 0 Å². The van der Waals surface area contributed by atoms with E-state index in [1.807, 2.05) is 51.1 Å². The van der Waals surface area contributed by atoms with Gasteiger partial charge < -0.3 is 20.7 Å². The minimum atomic E-state index is -0.520. The molecule has 2 rings (SSSR count). The molecule has 0 bridgehead atoms. The van der Waals surface area contributed by atoms with Gasteiger partial charge in [-0.15, -0.1) is 0 Å². The zero-order valence-electron chi connectivity index (χ0n) is 14.1. The number of carbonyl (C=O) groups is 1. The van der Waals surface area contributed by atoms with Crippen molar-refractivity contribution in [2.45, 2.75) is 38.8 Å². The minimum Gasteiger partial charge on any atom is -0.444 e. The van der Waals surface area contributed by atoms with Crippen molar-refractivity contribution in [3.63, 3.8) is 0 Å². The predicted molar refractivity (Wildman–Crippen MR) is 91.5 cm³/mol. The van der Waals surface area contributed by atoms with Crippen molar-refractivity contribution in [2.75, 3.05) is 19.6 Å². The van der Waals surface area contributed by atoms with Gasteiger partial charge in [0.15, 0.2) is 5.96 Å². The molecule has 1 aliphatic rings. The molecular formula is C17H26N4O2. The van der Waals surface area contributed by atoms with E-state index in [4.69, 9.17) is 4.74 Å². The Morgan fingerprint density at radius 3 is 2.70 bits per heavy atom. The van der Waals surface area contributed by atoms with E-state index in [-0.39, 0.29) is 6.04 Å². The first-order chi connectivity index (χ1) is 10.9. The molecule has 6 nitrogen and oxygen atoms in total. The van der Waals surface area contributed by atoms with Crippen molar-refractivity contribution >= 4 is 12.1 Å². The maximum Gasteiger partial charge on any atom is 0.408 e. The number of amides is 1. The lowest BCUT2D eigenvalue weighted by Gasteiger charge is -2.25. The van der Waals surface area contributed by atoms with Crippen LogP contribution in [-0.4, -0.2) is 37.3 Å². The van der Waals surface area contributed by atoms with E-state index in [1.165, 1.54) is 0 Å². The molecule has 1 unspecified atom stereocenters. The molecule has 1 aromatic rings. The predicted octanol–water partition coefficient (Wildman–Crippen LogP) is 2.19. The number of benzene rings is 1. The number of hydrogen-bond donors (Lipinski definition) is 3. The lowest BCUT2D eigenvalue weighted by molar-refractivity contribution is 0.0504. The van der Waals surface area contributed by atoms with Crippen LogP contribution in [0.5, 0.6) is 0 Å². The van der Waals surface area contributed by atoms with Crippen LogP contribution in [0.2, 0.25) is 0 Å². The molecule has 0 saturated carbocycles. The summed E-state index contributed by atoms with van der Waals surface area (Å²) in [6.45, 7) is 7.83. The summed E-state index contributed by atoms with van der Waals surface area (Å²) in [5, 5.41) is 9.39. The van der Waals surface area contributed by atoms with Crippen LogP contribution in [-0.2, 0) is 4.74 Å². The van der Waals surface area contributed by atoms with E-state index in [2.05, 4.69) is 20.9 Å². The Labute approximate surface area is 137 Å². The van der Waals surface area contributed by atoms with Gasteiger partial charge in [0.2, 0.25) is 0 Å². The molecular weight excluding hydrogens is 292 g/mol. The first-order valence-electron chi connectivity index (χ1n) is 8.01. The first-order valence-corrected chi connectivity index (χ1v) is 8.01. The summed E-state index contributed by atoms with van der Waals surface area (Å²) in [4.78, 5) is 16.5.